The topological polar surface area (TPSA) is 121 Å². The van der Waals surface area contributed by atoms with E-state index in [0.717, 1.165) is 18.4 Å². The second-order valence-corrected chi connectivity index (χ2v) is 5.91. The second kappa shape index (κ2) is 7.00. The van der Waals surface area contributed by atoms with Crippen LogP contribution in [-0.4, -0.2) is 42.9 Å². The minimum Gasteiger partial charge on any atom is -0.368 e. The molecule has 0 unspecified atom stereocenters. The van der Waals surface area contributed by atoms with Crippen LogP contribution in [-0.2, 0) is 18.3 Å². The van der Waals surface area contributed by atoms with Gasteiger partial charge >= 0.3 is 0 Å². The van der Waals surface area contributed by atoms with E-state index in [1.165, 1.54) is 4.80 Å². The SMILES string of the molecule is Cn1nnc(-c2ccc(C(=O)NCc3noc([C@@H]4CCCO4)n3)cc2)n1. The van der Waals surface area contributed by atoms with Gasteiger partial charge in [-0.1, -0.05) is 17.3 Å². The number of hydrogen-bond donors (Lipinski definition) is 1. The van der Waals surface area contributed by atoms with E-state index >= 15 is 0 Å². The summed E-state index contributed by atoms with van der Waals surface area (Å²) in [5.41, 5.74) is 1.30. The molecule has 1 aliphatic heterocycles. The van der Waals surface area contributed by atoms with Gasteiger partial charge in [0, 0.05) is 17.7 Å². The Kier molecular flexibility index (Phi) is 4.40. The van der Waals surface area contributed by atoms with Crippen LogP contribution in [0.15, 0.2) is 28.8 Å². The molecule has 0 bridgehead atoms. The van der Waals surface area contributed by atoms with Crippen molar-refractivity contribution in [2.75, 3.05) is 6.61 Å². The number of rotatable bonds is 5. The Hall–Kier alpha value is -3.14. The summed E-state index contributed by atoms with van der Waals surface area (Å²) in [4.78, 5) is 17.9. The molecule has 3 aromatic rings. The molecular formula is C16H17N7O3. The molecule has 1 aromatic carbocycles. The number of aryl methyl sites for hydroxylation is 1. The Bertz CT molecular complexity index is 897. The summed E-state index contributed by atoms with van der Waals surface area (Å²) >= 11 is 0. The van der Waals surface area contributed by atoms with Gasteiger partial charge < -0.3 is 14.6 Å². The predicted octanol–water partition coefficient (Wildman–Crippen LogP) is 1.04. The Balaban J connectivity index is 1.36. The predicted molar refractivity (Wildman–Crippen MR) is 87.6 cm³/mol. The molecule has 3 heterocycles. The zero-order valence-electron chi connectivity index (χ0n) is 14.1. The summed E-state index contributed by atoms with van der Waals surface area (Å²) in [6, 6.07) is 6.95. The van der Waals surface area contributed by atoms with Gasteiger partial charge in [-0.15, -0.1) is 10.2 Å². The first-order valence-electron chi connectivity index (χ1n) is 8.26. The van der Waals surface area contributed by atoms with Crippen LogP contribution in [0, 0.1) is 0 Å². The number of aromatic nitrogens is 6. The van der Waals surface area contributed by atoms with E-state index < -0.39 is 0 Å². The quantitative estimate of drug-likeness (QED) is 0.720. The first-order valence-corrected chi connectivity index (χ1v) is 8.26. The van der Waals surface area contributed by atoms with Crippen molar-refractivity contribution in [2.24, 2.45) is 7.05 Å². The van der Waals surface area contributed by atoms with Crippen LogP contribution >= 0.6 is 0 Å². The maximum atomic E-state index is 12.3. The van der Waals surface area contributed by atoms with Gasteiger partial charge in [0.05, 0.1) is 13.6 Å². The highest BCUT2D eigenvalue weighted by Crippen LogP contribution is 2.26. The van der Waals surface area contributed by atoms with Gasteiger partial charge in [0.15, 0.2) is 5.82 Å². The molecule has 1 saturated heterocycles. The molecule has 0 aliphatic carbocycles. The van der Waals surface area contributed by atoms with E-state index in [1.807, 2.05) is 0 Å². The fraction of sp³-hybridized carbons (Fsp3) is 0.375. The summed E-state index contributed by atoms with van der Waals surface area (Å²) in [6.07, 6.45) is 1.73. The molecular weight excluding hydrogens is 338 g/mol. The number of ether oxygens (including phenoxy) is 1. The Morgan fingerprint density at radius 2 is 2.19 bits per heavy atom. The van der Waals surface area contributed by atoms with Crippen LogP contribution in [0.3, 0.4) is 0 Å². The van der Waals surface area contributed by atoms with Crippen molar-refractivity contribution in [3.63, 3.8) is 0 Å². The van der Waals surface area contributed by atoms with Crippen molar-refractivity contribution < 1.29 is 14.1 Å². The molecule has 1 amide bonds. The molecule has 4 rings (SSSR count). The van der Waals surface area contributed by atoms with E-state index in [2.05, 4.69) is 30.9 Å². The molecule has 26 heavy (non-hydrogen) atoms. The molecule has 10 heteroatoms. The number of carbonyl (C=O) groups excluding carboxylic acids is 1. The van der Waals surface area contributed by atoms with E-state index in [0.29, 0.717) is 29.7 Å². The van der Waals surface area contributed by atoms with Gasteiger partial charge in [0.1, 0.15) is 6.10 Å². The van der Waals surface area contributed by atoms with Gasteiger partial charge in [-0.05, 0) is 30.2 Å². The lowest BCUT2D eigenvalue weighted by Crippen LogP contribution is -2.23. The highest BCUT2D eigenvalue weighted by molar-refractivity contribution is 5.94. The van der Waals surface area contributed by atoms with Crippen LogP contribution in [0.4, 0.5) is 0 Å². The van der Waals surface area contributed by atoms with Crippen molar-refractivity contribution in [1.29, 1.82) is 0 Å². The molecule has 2 aromatic heterocycles. The highest BCUT2D eigenvalue weighted by atomic mass is 16.5. The summed E-state index contributed by atoms with van der Waals surface area (Å²) < 4.78 is 10.7. The monoisotopic (exact) mass is 355 g/mol. The minimum atomic E-state index is -0.230. The van der Waals surface area contributed by atoms with Crippen molar-refractivity contribution >= 4 is 5.91 Å². The Morgan fingerprint density at radius 3 is 2.88 bits per heavy atom. The highest BCUT2D eigenvalue weighted by Gasteiger charge is 2.23. The van der Waals surface area contributed by atoms with E-state index in [-0.39, 0.29) is 18.6 Å². The smallest absolute Gasteiger partial charge is 0.255 e. The van der Waals surface area contributed by atoms with Gasteiger partial charge in [0.25, 0.3) is 11.8 Å². The summed E-state index contributed by atoms with van der Waals surface area (Å²) in [6.45, 7) is 0.891. The first kappa shape index (κ1) is 16.3. The Labute approximate surface area is 148 Å². The number of tetrazole rings is 1. The number of nitrogens with one attached hydrogen (secondary N) is 1. The zero-order chi connectivity index (χ0) is 17.9. The number of hydrogen-bond acceptors (Lipinski definition) is 8. The van der Waals surface area contributed by atoms with Gasteiger partial charge in [-0.3, -0.25) is 4.79 Å². The van der Waals surface area contributed by atoms with Gasteiger partial charge in [0.2, 0.25) is 5.82 Å². The molecule has 0 spiro atoms. The number of carbonyl (C=O) groups is 1. The maximum Gasteiger partial charge on any atom is 0.255 e. The summed E-state index contributed by atoms with van der Waals surface area (Å²) in [5.74, 6) is 1.16. The van der Waals surface area contributed by atoms with Gasteiger partial charge in [-0.25, -0.2) is 0 Å². The third-order valence-corrected chi connectivity index (χ3v) is 4.01. The molecule has 1 fully saturated rings. The normalized spacial score (nSPS) is 16.7. The number of nitrogens with zero attached hydrogens (tertiary/aromatic N) is 6. The van der Waals surface area contributed by atoms with Crippen molar-refractivity contribution in [3.05, 3.63) is 41.5 Å². The van der Waals surface area contributed by atoms with Crippen LogP contribution in [0.25, 0.3) is 11.4 Å². The average Bonchev–Trinajstić information content (AvgIpc) is 3.41. The zero-order valence-corrected chi connectivity index (χ0v) is 14.1. The van der Waals surface area contributed by atoms with Crippen molar-refractivity contribution in [2.45, 2.75) is 25.5 Å². The number of benzene rings is 1. The summed E-state index contributed by atoms with van der Waals surface area (Å²) in [5, 5.41) is 18.5. The van der Waals surface area contributed by atoms with E-state index in [9.17, 15) is 4.79 Å². The lowest BCUT2D eigenvalue weighted by atomic mass is 10.1. The maximum absolute atomic E-state index is 12.3. The van der Waals surface area contributed by atoms with Crippen LogP contribution < -0.4 is 5.32 Å². The number of amides is 1. The molecule has 1 N–H and O–H groups in total. The van der Waals surface area contributed by atoms with Crippen LogP contribution in [0.5, 0.6) is 0 Å². The fourth-order valence-electron chi connectivity index (χ4n) is 2.67. The largest absolute Gasteiger partial charge is 0.368 e. The Morgan fingerprint density at radius 1 is 1.35 bits per heavy atom. The third-order valence-electron chi connectivity index (χ3n) is 4.01. The van der Waals surface area contributed by atoms with Crippen LogP contribution in [0.2, 0.25) is 0 Å². The minimum absolute atomic E-state index is 0.130. The fourth-order valence-corrected chi connectivity index (χ4v) is 2.67. The van der Waals surface area contributed by atoms with E-state index in [4.69, 9.17) is 9.26 Å². The van der Waals surface area contributed by atoms with Crippen molar-refractivity contribution in [3.8, 4) is 11.4 Å². The molecule has 10 nitrogen and oxygen atoms in total. The third kappa shape index (κ3) is 3.45. The summed E-state index contributed by atoms with van der Waals surface area (Å²) in [7, 11) is 1.69. The molecule has 0 radical (unpaired) electrons. The van der Waals surface area contributed by atoms with E-state index in [1.54, 1.807) is 31.3 Å². The molecule has 1 atom stereocenters. The first-order chi connectivity index (χ1) is 12.7. The van der Waals surface area contributed by atoms with Crippen molar-refractivity contribution in [1.82, 2.24) is 35.7 Å². The average molecular weight is 355 g/mol. The molecule has 134 valence electrons. The standard InChI is InChI=1S/C16H17N7O3/c1-23-20-14(19-22-23)10-4-6-11(7-5-10)15(24)17-9-13-18-16(26-21-13)12-3-2-8-25-12/h4-7,12H,2-3,8-9H2,1H3,(H,17,24)/t12-/m0/s1. The lowest BCUT2D eigenvalue weighted by molar-refractivity contribution is 0.0835. The second-order valence-electron chi connectivity index (χ2n) is 5.91. The lowest BCUT2D eigenvalue weighted by Gasteiger charge is -2.03. The van der Waals surface area contributed by atoms with Crippen LogP contribution in [0.1, 0.15) is 41.0 Å². The molecule has 1 aliphatic rings. The van der Waals surface area contributed by atoms with Gasteiger partial charge in [-0.2, -0.15) is 9.78 Å². The molecule has 0 saturated carbocycles.